The van der Waals surface area contributed by atoms with Gasteiger partial charge in [-0.2, -0.15) is 0 Å². The number of phenolic OH excluding ortho intramolecular Hbond substituents is 1. The SMILES string of the molecule is CC(C)=CC1C(COC(=O)C2O[C@@H](OCCO[C@@H]3C(C(=O)OCC#C[Si](C)(C)C)O[C@@H](OC(C)C)[C@@H](O)[C@H]3O)[C@@H](O)[C@@H](O)[C@@H]2OC(C)C)C1(C)C.CC(C)O[C@@H]1OC(C(=O)OCc2ccc(O)cc2)[C@@H](OCCO[C@@H]2OC(C(=O)OCc3ccccc3)[C@@H](OC(C)C)[C@H](O)[C@@H]2O)[C@H](O)[C@@H]1O.COC(=O)C1O[C@@H](OC(C)C)[C@@H](O)[C@@H](O)[C@@H]1OCCO[C@@H]1OC(C(=O)OCC2CCCO2)[C@@H](OC(C)C)[C@H](O)[C@@H]1O. The molecule has 1 saturated carbocycles. The molecule has 802 valence electrons. The molecule has 0 radical (unpaired) electrons. The molecule has 44 nitrogen and oxygen atoms in total. The number of benzene rings is 2. The van der Waals surface area contributed by atoms with Gasteiger partial charge in [-0.05, 0) is 144 Å². The Bertz CT molecular complexity index is 4190. The van der Waals surface area contributed by atoms with Gasteiger partial charge in [0, 0.05) is 12.5 Å². The van der Waals surface area contributed by atoms with Gasteiger partial charge in [0.25, 0.3) is 0 Å². The Morgan fingerprint density at radius 3 is 1.05 bits per heavy atom. The number of hydrogen-bond acceptors (Lipinski definition) is 44. The average Bonchev–Trinajstić information content (AvgIpc) is 1.57. The van der Waals surface area contributed by atoms with E-state index in [0.717, 1.165) is 25.5 Å². The molecule has 13 N–H and O–H groups in total. The van der Waals surface area contributed by atoms with E-state index in [1.807, 2.05) is 39.6 Å². The van der Waals surface area contributed by atoms with Crippen molar-refractivity contribution in [1.29, 1.82) is 0 Å². The number of aromatic hydroxyl groups is 1. The summed E-state index contributed by atoms with van der Waals surface area (Å²) in [7, 11) is -0.580. The van der Waals surface area contributed by atoms with E-state index in [1.54, 1.807) is 119 Å². The van der Waals surface area contributed by atoms with Crippen LogP contribution in [0.4, 0.5) is 0 Å². The van der Waals surface area contributed by atoms with Gasteiger partial charge in [-0.25, -0.2) is 28.8 Å². The molecule has 7 heterocycles. The molecule has 7 aliphatic heterocycles. The zero-order valence-corrected chi connectivity index (χ0v) is 84.7. The minimum absolute atomic E-state index is 0.00711. The van der Waals surface area contributed by atoms with Crippen LogP contribution < -0.4 is 0 Å². The summed E-state index contributed by atoms with van der Waals surface area (Å²) < 4.78 is 139. The largest absolute Gasteiger partial charge is 0.508 e. The molecular formula is C96H150O44Si. The first-order valence-corrected chi connectivity index (χ1v) is 51.2. The van der Waals surface area contributed by atoms with Crippen molar-refractivity contribution in [3.8, 4) is 17.2 Å². The minimum atomic E-state index is -1.71. The van der Waals surface area contributed by atoms with Crippen molar-refractivity contribution in [3.63, 3.8) is 0 Å². The predicted molar refractivity (Wildman–Crippen MR) is 489 cm³/mol. The summed E-state index contributed by atoms with van der Waals surface area (Å²) in [5.41, 5.74) is 5.51. The van der Waals surface area contributed by atoms with Gasteiger partial charge in [-0.3, -0.25) is 0 Å². The van der Waals surface area contributed by atoms with Crippen molar-refractivity contribution in [3.05, 3.63) is 77.4 Å². The van der Waals surface area contributed by atoms with Gasteiger partial charge in [0.2, 0.25) is 0 Å². The molecule has 45 heteroatoms. The molecule has 2 aromatic rings. The van der Waals surface area contributed by atoms with Gasteiger partial charge in [-0.15, -0.1) is 5.54 Å². The number of hydrogen-bond donors (Lipinski definition) is 13. The van der Waals surface area contributed by atoms with Crippen LogP contribution in [0, 0.1) is 28.7 Å². The van der Waals surface area contributed by atoms with Gasteiger partial charge in [0.05, 0.1) is 96.1 Å². The van der Waals surface area contributed by atoms with Gasteiger partial charge < -0.3 is 185 Å². The van der Waals surface area contributed by atoms with Crippen molar-refractivity contribution in [1.82, 2.24) is 0 Å². The fourth-order valence-electron chi connectivity index (χ4n) is 16.0. The fourth-order valence-corrected chi connectivity index (χ4v) is 16.6. The second kappa shape index (κ2) is 56.5. The minimum Gasteiger partial charge on any atom is -0.508 e. The maximum Gasteiger partial charge on any atom is 0.339 e. The number of ether oxygens (including phenoxy) is 25. The van der Waals surface area contributed by atoms with E-state index in [-0.39, 0.29) is 108 Å². The highest BCUT2D eigenvalue weighted by atomic mass is 28.3. The molecule has 1 aliphatic carbocycles. The quantitative estimate of drug-likeness (QED) is 0.0109. The van der Waals surface area contributed by atoms with E-state index >= 15 is 0 Å². The highest BCUT2D eigenvalue weighted by molar-refractivity contribution is 6.83. The number of allylic oxidation sites excluding steroid dienone is 2. The van der Waals surface area contributed by atoms with Crippen LogP contribution in [0.25, 0.3) is 0 Å². The molecule has 0 aromatic heterocycles. The number of carbonyl (C=O) groups is 6. The number of aliphatic hydroxyl groups is 12. The normalized spacial score (nSPS) is 34.1. The van der Waals surface area contributed by atoms with Crippen LogP contribution >= 0.6 is 0 Å². The van der Waals surface area contributed by atoms with Crippen molar-refractivity contribution in [2.75, 3.05) is 73.2 Å². The second-order valence-corrected chi connectivity index (χ2v) is 43.5. The molecule has 8 fully saturated rings. The number of aliphatic hydroxyl groups excluding tert-OH is 12. The van der Waals surface area contributed by atoms with Crippen molar-refractivity contribution in [2.45, 2.75) is 383 Å². The Kier molecular flexibility index (Phi) is 47.9. The second-order valence-electron chi connectivity index (χ2n) is 38.7. The van der Waals surface area contributed by atoms with E-state index in [0.29, 0.717) is 12.2 Å². The van der Waals surface area contributed by atoms with E-state index in [1.165, 1.54) is 17.7 Å². The standard InChI is InChI=1S/C36H60O14Si.C34H46O15.C26H44O15/c1-19(2)17-22-23(36(22,7)8)18-46-33(42)31-29(47-20(3)4)25(38)26(39)34(49-31)45-15-14-43-28-24(37)27(40)35(48-21(5)6)50-30(28)32(41)44-13-12-16-51(9,10)11;1-18(2)46-28-24(37)25(38)33(48-30(28)32(41)44-16-20-8-6-5-7-9-20)43-15-14-42-27-23(36)26(39)34(47-19(3)4)49-29(27)31(40)45-17-21-10-12-22(35)13-11-21;1-12(2)38-20-16(28)17(29)25(40-22(20)24(32)37-11-14-7-6-8-34-14)36-10-9-35-19-15(27)18(30)26(39-13(3)4)41-21(19)23(31)33-5/h17,20-31,34-35,37-40H,13-15,18H2,1-11H3;5-13,18-19,23-30,33-39H,14-17H2,1-4H3;12-22,25-30H,6-11H2,1-5H3/t22?,23?,24-,25-,26+,27+,28+,29+,30?,31?,34-,35-;23-,24-,25+,26+,27+,28+,29?,30?,33-,34-;14?,15-,16-,17+,18+,19+,20+,21?,22?,25-,26-/m111/s1. The van der Waals surface area contributed by atoms with E-state index in [2.05, 4.69) is 31.4 Å². The first kappa shape index (κ1) is 120. The molecule has 7 saturated heterocycles. The number of phenols is 1. The lowest BCUT2D eigenvalue weighted by atomic mass is 9.98. The Balaban J connectivity index is 0.000000260. The van der Waals surface area contributed by atoms with Crippen LogP contribution in [0.2, 0.25) is 19.6 Å². The Morgan fingerprint density at radius 2 is 0.709 bits per heavy atom. The van der Waals surface area contributed by atoms with Crippen LogP contribution in [-0.4, -0.2) is 410 Å². The summed E-state index contributed by atoms with van der Waals surface area (Å²) in [6.45, 7) is 33.3. The molecule has 2 aromatic carbocycles. The lowest BCUT2D eigenvalue weighted by molar-refractivity contribution is -0.317. The third-order valence-electron chi connectivity index (χ3n) is 23.2. The van der Waals surface area contributed by atoms with Crippen molar-refractivity contribution in [2.24, 2.45) is 17.3 Å². The molecule has 0 amide bonds. The number of methoxy groups -OCH3 is 1. The average molecular weight is 2040 g/mol. The smallest absolute Gasteiger partial charge is 0.339 e. The zero-order valence-electron chi connectivity index (χ0n) is 83.7. The molecular weight excluding hydrogens is 1890 g/mol. The Hall–Kier alpha value is -6.66. The van der Waals surface area contributed by atoms with Crippen LogP contribution in [0.3, 0.4) is 0 Å². The van der Waals surface area contributed by atoms with Gasteiger partial charge in [-0.1, -0.05) is 93.5 Å². The molecule has 0 bridgehead atoms. The summed E-state index contributed by atoms with van der Waals surface area (Å²) in [6, 6.07) is 14.9. The summed E-state index contributed by atoms with van der Waals surface area (Å²) in [5, 5.41) is 139. The number of esters is 6. The summed E-state index contributed by atoms with van der Waals surface area (Å²) >= 11 is 0. The Labute approximate surface area is 822 Å². The zero-order chi connectivity index (χ0) is 104. The highest BCUT2D eigenvalue weighted by Crippen LogP contribution is 2.59. The van der Waals surface area contributed by atoms with Gasteiger partial charge in [0.1, 0.15) is 144 Å². The molecule has 33 atom stereocenters. The molecule has 0 spiro atoms. The maximum atomic E-state index is 13.4. The van der Waals surface area contributed by atoms with Crippen molar-refractivity contribution < 1.29 is 214 Å². The monoisotopic (exact) mass is 2030 g/mol. The van der Waals surface area contributed by atoms with Crippen LogP contribution in [-0.2, 0) is 160 Å². The highest BCUT2D eigenvalue weighted by Gasteiger charge is 2.60. The van der Waals surface area contributed by atoms with Gasteiger partial charge >= 0.3 is 35.8 Å². The first-order valence-electron chi connectivity index (χ1n) is 47.7. The topological polar surface area (TPSA) is 596 Å². The third-order valence-corrected chi connectivity index (χ3v) is 24.1. The van der Waals surface area contributed by atoms with Crippen molar-refractivity contribution >= 4 is 43.9 Å². The van der Waals surface area contributed by atoms with E-state index < -0.39 is 259 Å². The van der Waals surface area contributed by atoms with Crippen LogP contribution in [0.5, 0.6) is 5.75 Å². The summed E-state index contributed by atoms with van der Waals surface area (Å²) in [4.78, 5) is 77.9. The summed E-state index contributed by atoms with van der Waals surface area (Å²) in [5.74, 6) is -1.82. The van der Waals surface area contributed by atoms with Crippen LogP contribution in [0.15, 0.2) is 66.2 Å². The first-order chi connectivity index (χ1) is 66.4. The van der Waals surface area contributed by atoms with Gasteiger partial charge in [0.15, 0.2) is 81.0 Å². The Morgan fingerprint density at radius 1 is 0.397 bits per heavy atom. The third kappa shape index (κ3) is 35.3. The number of rotatable bonds is 43. The van der Waals surface area contributed by atoms with E-state index in [4.69, 9.17) is 118 Å². The molecule has 9 unspecified atom stereocenters. The fraction of sp³-hybridized carbons (Fsp3) is 0.771. The van der Waals surface area contributed by atoms with E-state index in [9.17, 15) is 95.2 Å². The molecule has 10 rings (SSSR count). The predicted octanol–water partition coefficient (Wildman–Crippen LogP) is 0.794. The maximum absolute atomic E-state index is 13.4. The lowest BCUT2D eigenvalue weighted by Gasteiger charge is -2.42. The van der Waals surface area contributed by atoms with Crippen LogP contribution in [0.1, 0.15) is 135 Å². The lowest BCUT2D eigenvalue weighted by Crippen LogP contribution is -2.62. The molecule has 8 aliphatic rings. The molecule has 141 heavy (non-hydrogen) atoms. The summed E-state index contributed by atoms with van der Waals surface area (Å²) in [6.07, 6.45) is -43.1. The number of carbonyl (C=O) groups excluding carboxylic acids is 6.